The summed E-state index contributed by atoms with van der Waals surface area (Å²) in [6, 6.07) is 15.2. The Morgan fingerprint density at radius 1 is 1.15 bits per heavy atom. The number of aromatic nitrogens is 3. The largest absolute Gasteiger partial charge is 0.481 e. The molecule has 2 aromatic carbocycles. The van der Waals surface area contributed by atoms with Gasteiger partial charge < -0.3 is 9.52 Å². The minimum absolute atomic E-state index is 0.0465. The molecule has 0 amide bonds. The normalized spacial score (nSPS) is 11.1. The van der Waals surface area contributed by atoms with Crippen LogP contribution in [0, 0.1) is 0 Å². The third kappa shape index (κ3) is 3.07. The number of benzene rings is 2. The lowest BCUT2D eigenvalue weighted by molar-refractivity contribution is -0.137. The van der Waals surface area contributed by atoms with Crippen molar-refractivity contribution in [3.63, 3.8) is 0 Å². The maximum atomic E-state index is 11.0. The van der Waals surface area contributed by atoms with Gasteiger partial charge >= 0.3 is 12.0 Å². The Morgan fingerprint density at radius 3 is 2.69 bits per heavy atom. The van der Waals surface area contributed by atoms with E-state index >= 15 is 0 Å². The molecule has 0 saturated heterocycles. The summed E-state index contributed by atoms with van der Waals surface area (Å²) in [6.07, 6.45) is 1.92. The maximum absolute atomic E-state index is 11.0. The quantitative estimate of drug-likeness (QED) is 0.567. The first-order valence-electron chi connectivity index (χ1n) is 8.02. The highest BCUT2D eigenvalue weighted by Gasteiger charge is 2.19. The first-order chi connectivity index (χ1) is 12.6. The van der Waals surface area contributed by atoms with Crippen molar-refractivity contribution in [2.45, 2.75) is 12.8 Å². The van der Waals surface area contributed by atoms with Crippen molar-refractivity contribution in [1.29, 1.82) is 0 Å². The van der Waals surface area contributed by atoms with Crippen LogP contribution < -0.4 is 0 Å². The van der Waals surface area contributed by atoms with E-state index in [1.807, 2.05) is 36.4 Å². The van der Waals surface area contributed by atoms with Crippen molar-refractivity contribution in [2.75, 3.05) is 0 Å². The van der Waals surface area contributed by atoms with Gasteiger partial charge in [-0.2, -0.15) is 14.8 Å². The van der Waals surface area contributed by atoms with E-state index in [0.29, 0.717) is 22.5 Å². The molecule has 0 aliphatic carbocycles. The van der Waals surface area contributed by atoms with Crippen LogP contribution in [0.1, 0.15) is 12.2 Å². The minimum Gasteiger partial charge on any atom is -0.481 e. The molecule has 4 rings (SSSR count). The van der Waals surface area contributed by atoms with Crippen LogP contribution in [0.2, 0.25) is 5.02 Å². The van der Waals surface area contributed by atoms with Crippen molar-refractivity contribution in [1.82, 2.24) is 14.8 Å². The van der Waals surface area contributed by atoms with Crippen LogP contribution in [0.25, 0.3) is 28.2 Å². The van der Waals surface area contributed by atoms with Crippen molar-refractivity contribution in [3.8, 4) is 17.3 Å². The molecule has 7 heteroatoms. The van der Waals surface area contributed by atoms with Gasteiger partial charge in [0.2, 0.25) is 0 Å². The number of aliphatic carboxylic acids is 1. The number of aryl methyl sites for hydroxylation is 1. The molecule has 0 bridgehead atoms. The predicted molar refractivity (Wildman–Crippen MR) is 97.5 cm³/mol. The van der Waals surface area contributed by atoms with Crippen LogP contribution in [0.4, 0.5) is 0 Å². The number of nitrogens with zero attached hydrogens (tertiary/aromatic N) is 3. The fourth-order valence-electron chi connectivity index (χ4n) is 2.78. The predicted octanol–water partition coefficient (Wildman–Crippen LogP) is 4.35. The number of fused-ring (bicyclic) bond motifs is 1. The summed E-state index contributed by atoms with van der Waals surface area (Å²) in [5.41, 5.74) is 2.26. The molecule has 0 unspecified atom stereocenters. The molecule has 0 atom stereocenters. The topological polar surface area (TPSA) is 81.1 Å². The number of carboxylic acid groups (broad SMARTS) is 1. The Labute approximate surface area is 153 Å². The highest BCUT2D eigenvalue weighted by atomic mass is 35.5. The van der Waals surface area contributed by atoms with E-state index in [0.717, 1.165) is 16.5 Å². The average Bonchev–Trinajstić information content (AvgIpc) is 3.24. The minimum atomic E-state index is -0.894. The molecular formula is C19H14ClN3O3. The second-order valence-electron chi connectivity index (χ2n) is 5.78. The Bertz CT molecular complexity index is 1080. The van der Waals surface area contributed by atoms with E-state index in [1.54, 1.807) is 23.0 Å². The molecule has 130 valence electrons. The van der Waals surface area contributed by atoms with E-state index in [1.165, 1.54) is 0 Å². The Hall–Kier alpha value is -3.12. The van der Waals surface area contributed by atoms with Gasteiger partial charge in [0.15, 0.2) is 0 Å². The molecule has 0 saturated carbocycles. The summed E-state index contributed by atoms with van der Waals surface area (Å²) < 4.78 is 7.51. The summed E-state index contributed by atoms with van der Waals surface area (Å²) in [4.78, 5) is 15.6. The molecular weight excluding hydrogens is 354 g/mol. The van der Waals surface area contributed by atoms with Gasteiger partial charge in [-0.1, -0.05) is 41.9 Å². The lowest BCUT2D eigenvalue weighted by atomic mass is 10.1. The fraction of sp³-hybridized carbons (Fsp3) is 0.105. The zero-order valence-electron chi connectivity index (χ0n) is 13.6. The standard InChI is InChI=1S/C19H14ClN3O3/c20-14-7-5-12(6-8-14)18-16(9-10-17(24)25)26-19(22-18)23-15-4-2-1-3-13(15)11-21-23/h1-8,11H,9-10H2,(H,24,25). The van der Waals surface area contributed by atoms with Gasteiger partial charge in [0.05, 0.1) is 18.1 Å². The van der Waals surface area contributed by atoms with Crippen LogP contribution in [-0.4, -0.2) is 25.8 Å². The number of para-hydroxylation sites is 1. The van der Waals surface area contributed by atoms with Gasteiger partial charge in [-0.05, 0) is 18.2 Å². The van der Waals surface area contributed by atoms with E-state index in [-0.39, 0.29) is 12.8 Å². The summed E-state index contributed by atoms with van der Waals surface area (Å²) >= 11 is 5.96. The van der Waals surface area contributed by atoms with E-state index in [2.05, 4.69) is 10.1 Å². The number of hydrogen-bond donors (Lipinski definition) is 1. The SMILES string of the molecule is O=C(O)CCc1oc(-n2ncc3ccccc32)nc1-c1ccc(Cl)cc1. The molecule has 0 aliphatic rings. The summed E-state index contributed by atoms with van der Waals surface area (Å²) in [5, 5.41) is 14.9. The molecule has 4 aromatic rings. The highest BCUT2D eigenvalue weighted by molar-refractivity contribution is 6.30. The average molecular weight is 368 g/mol. The molecule has 2 aromatic heterocycles. The van der Waals surface area contributed by atoms with Gasteiger partial charge in [-0.25, -0.2) is 0 Å². The lowest BCUT2D eigenvalue weighted by Crippen LogP contribution is -1.97. The van der Waals surface area contributed by atoms with Gasteiger partial charge in [0, 0.05) is 22.4 Å². The maximum Gasteiger partial charge on any atom is 0.324 e. The number of oxazole rings is 1. The summed E-state index contributed by atoms with van der Waals surface area (Å²) in [7, 11) is 0. The van der Waals surface area contributed by atoms with Crippen molar-refractivity contribution in [2.24, 2.45) is 0 Å². The van der Waals surface area contributed by atoms with Crippen molar-refractivity contribution < 1.29 is 14.3 Å². The third-order valence-electron chi connectivity index (χ3n) is 4.03. The first-order valence-corrected chi connectivity index (χ1v) is 8.40. The molecule has 0 radical (unpaired) electrons. The van der Waals surface area contributed by atoms with Crippen molar-refractivity contribution in [3.05, 3.63) is 65.5 Å². The third-order valence-corrected chi connectivity index (χ3v) is 4.28. The second-order valence-corrected chi connectivity index (χ2v) is 6.22. The number of halogens is 1. The lowest BCUT2D eigenvalue weighted by Gasteiger charge is -2.00. The van der Waals surface area contributed by atoms with E-state index in [4.69, 9.17) is 21.1 Å². The second kappa shape index (κ2) is 6.65. The van der Waals surface area contributed by atoms with Crippen molar-refractivity contribution >= 4 is 28.5 Å². The molecule has 1 N–H and O–H groups in total. The van der Waals surface area contributed by atoms with Gasteiger partial charge in [-0.15, -0.1) is 0 Å². The summed E-state index contributed by atoms with van der Waals surface area (Å²) in [6.45, 7) is 0. The molecule has 26 heavy (non-hydrogen) atoms. The van der Waals surface area contributed by atoms with Gasteiger partial charge in [0.1, 0.15) is 11.5 Å². The highest BCUT2D eigenvalue weighted by Crippen LogP contribution is 2.29. The fourth-order valence-corrected chi connectivity index (χ4v) is 2.90. The molecule has 0 spiro atoms. The Kier molecular flexibility index (Phi) is 4.18. The Morgan fingerprint density at radius 2 is 1.92 bits per heavy atom. The monoisotopic (exact) mass is 367 g/mol. The van der Waals surface area contributed by atoms with Crippen LogP contribution in [-0.2, 0) is 11.2 Å². The van der Waals surface area contributed by atoms with Gasteiger partial charge in [-0.3, -0.25) is 4.79 Å². The zero-order chi connectivity index (χ0) is 18.1. The van der Waals surface area contributed by atoms with Crippen LogP contribution in [0.5, 0.6) is 0 Å². The van der Waals surface area contributed by atoms with Crippen LogP contribution in [0.15, 0.2) is 59.1 Å². The molecule has 0 aliphatic heterocycles. The number of hydrogen-bond acceptors (Lipinski definition) is 4. The van der Waals surface area contributed by atoms with Crippen LogP contribution >= 0.6 is 11.6 Å². The first kappa shape index (κ1) is 16.4. The van der Waals surface area contributed by atoms with Gasteiger partial charge in [0.25, 0.3) is 0 Å². The number of carboxylic acids is 1. The Balaban J connectivity index is 1.82. The number of carbonyl (C=O) groups is 1. The molecule has 6 nitrogen and oxygen atoms in total. The smallest absolute Gasteiger partial charge is 0.324 e. The van der Waals surface area contributed by atoms with Crippen LogP contribution in [0.3, 0.4) is 0 Å². The summed E-state index contributed by atoms with van der Waals surface area (Å²) in [5.74, 6) is -0.390. The molecule has 0 fully saturated rings. The van der Waals surface area contributed by atoms with E-state index in [9.17, 15) is 4.79 Å². The number of rotatable bonds is 5. The van der Waals surface area contributed by atoms with E-state index < -0.39 is 5.97 Å². The zero-order valence-corrected chi connectivity index (χ0v) is 14.3. The molecule has 2 heterocycles.